The zero-order valence-electron chi connectivity index (χ0n) is 11.2. The topological polar surface area (TPSA) is 87.0 Å². The van der Waals surface area contributed by atoms with Crippen LogP contribution in [0.4, 0.5) is 0 Å². The first-order valence-corrected chi connectivity index (χ1v) is 5.98. The van der Waals surface area contributed by atoms with E-state index in [9.17, 15) is 4.79 Å². The summed E-state index contributed by atoms with van der Waals surface area (Å²) in [6.45, 7) is 0. The van der Waals surface area contributed by atoms with Crippen molar-refractivity contribution >= 4 is 12.0 Å². The van der Waals surface area contributed by atoms with E-state index in [1.54, 1.807) is 48.5 Å². The summed E-state index contributed by atoms with van der Waals surface area (Å²) in [7, 11) is 1.32. The standard InChI is InChI=1S/C16H10N2O3/c1-20-16(19)13-4-2-3-12(8-13)15-6-5-14(21-15)7-11(9-17)10-18/h2-8H,1H3. The molecule has 5 heteroatoms. The zero-order valence-corrected chi connectivity index (χ0v) is 11.2. The van der Waals surface area contributed by atoms with Gasteiger partial charge in [-0.05, 0) is 24.3 Å². The molecule has 0 aliphatic carbocycles. The highest BCUT2D eigenvalue weighted by atomic mass is 16.5. The number of rotatable bonds is 3. The van der Waals surface area contributed by atoms with E-state index in [0.717, 1.165) is 0 Å². The number of nitrogens with zero attached hydrogens (tertiary/aromatic N) is 2. The molecule has 1 heterocycles. The second-order valence-electron chi connectivity index (χ2n) is 4.06. The van der Waals surface area contributed by atoms with Gasteiger partial charge in [0.25, 0.3) is 0 Å². The van der Waals surface area contributed by atoms with Gasteiger partial charge in [0.2, 0.25) is 0 Å². The van der Waals surface area contributed by atoms with E-state index in [4.69, 9.17) is 14.9 Å². The van der Waals surface area contributed by atoms with Crippen LogP contribution in [0.3, 0.4) is 0 Å². The van der Waals surface area contributed by atoms with Crippen molar-refractivity contribution in [1.82, 2.24) is 0 Å². The van der Waals surface area contributed by atoms with Crippen molar-refractivity contribution in [2.75, 3.05) is 7.11 Å². The Bertz CT molecular complexity index is 772. The molecule has 0 aliphatic heterocycles. The molecule has 1 aromatic heterocycles. The van der Waals surface area contributed by atoms with E-state index in [0.29, 0.717) is 22.6 Å². The van der Waals surface area contributed by atoms with Gasteiger partial charge in [-0.3, -0.25) is 0 Å². The lowest BCUT2D eigenvalue weighted by Gasteiger charge is -2.01. The number of nitriles is 2. The first-order valence-electron chi connectivity index (χ1n) is 5.98. The van der Waals surface area contributed by atoms with Gasteiger partial charge in [-0.1, -0.05) is 12.1 Å². The molecule has 5 nitrogen and oxygen atoms in total. The molecule has 0 N–H and O–H groups in total. The van der Waals surface area contributed by atoms with Gasteiger partial charge in [-0.2, -0.15) is 10.5 Å². The molecule has 2 rings (SSSR count). The highest BCUT2D eigenvalue weighted by Gasteiger charge is 2.09. The predicted molar refractivity (Wildman–Crippen MR) is 74.7 cm³/mol. The number of esters is 1. The van der Waals surface area contributed by atoms with Crippen molar-refractivity contribution in [2.45, 2.75) is 0 Å². The molecule has 0 saturated carbocycles. The molecular weight excluding hydrogens is 268 g/mol. The van der Waals surface area contributed by atoms with Crippen LogP contribution in [0.2, 0.25) is 0 Å². The predicted octanol–water partition coefficient (Wildman–Crippen LogP) is 3.16. The Balaban J connectivity index is 2.35. The summed E-state index contributed by atoms with van der Waals surface area (Å²) < 4.78 is 10.2. The SMILES string of the molecule is COC(=O)c1cccc(-c2ccc(C=C(C#N)C#N)o2)c1. The van der Waals surface area contributed by atoms with Crippen LogP contribution in [-0.2, 0) is 4.74 Å². The molecule has 0 saturated heterocycles. The molecule has 0 atom stereocenters. The highest BCUT2D eigenvalue weighted by molar-refractivity contribution is 5.90. The number of allylic oxidation sites excluding steroid dienone is 1. The fourth-order valence-electron chi connectivity index (χ4n) is 1.73. The number of furan rings is 1. The van der Waals surface area contributed by atoms with Crippen LogP contribution in [0, 0.1) is 22.7 Å². The van der Waals surface area contributed by atoms with E-state index >= 15 is 0 Å². The van der Waals surface area contributed by atoms with Gasteiger partial charge < -0.3 is 9.15 Å². The van der Waals surface area contributed by atoms with Gasteiger partial charge in [0.15, 0.2) is 0 Å². The molecule has 0 aliphatic rings. The molecule has 0 fully saturated rings. The molecule has 2 aromatic rings. The minimum absolute atomic E-state index is 0.0424. The summed E-state index contributed by atoms with van der Waals surface area (Å²) in [4.78, 5) is 11.5. The minimum Gasteiger partial charge on any atom is -0.465 e. The number of carbonyl (C=O) groups excluding carboxylic acids is 1. The summed E-state index contributed by atoms with van der Waals surface area (Å²) in [5.41, 5.74) is 1.07. The molecule has 0 unspecified atom stereocenters. The first kappa shape index (κ1) is 14.1. The van der Waals surface area contributed by atoms with Crippen molar-refractivity contribution in [3.05, 3.63) is 53.3 Å². The maximum Gasteiger partial charge on any atom is 0.337 e. The van der Waals surface area contributed by atoms with E-state index in [1.165, 1.54) is 13.2 Å². The second-order valence-corrected chi connectivity index (χ2v) is 4.06. The lowest BCUT2D eigenvalue weighted by atomic mass is 10.1. The van der Waals surface area contributed by atoms with Crippen LogP contribution in [0.1, 0.15) is 16.1 Å². The molecule has 0 spiro atoms. The molecule has 1 aromatic carbocycles. The third kappa shape index (κ3) is 3.17. The monoisotopic (exact) mass is 278 g/mol. The third-order valence-corrected chi connectivity index (χ3v) is 2.72. The van der Waals surface area contributed by atoms with Gasteiger partial charge in [0.1, 0.15) is 29.2 Å². The van der Waals surface area contributed by atoms with Gasteiger partial charge in [-0.15, -0.1) is 0 Å². The normalized spacial score (nSPS) is 9.29. The fourth-order valence-corrected chi connectivity index (χ4v) is 1.73. The average Bonchev–Trinajstić information content (AvgIpc) is 3.00. The Labute approximate surface area is 121 Å². The molecule has 102 valence electrons. The van der Waals surface area contributed by atoms with Gasteiger partial charge in [-0.25, -0.2) is 4.79 Å². The molecule has 0 bridgehead atoms. The summed E-state index contributed by atoms with van der Waals surface area (Å²) in [5.74, 6) is 0.494. The van der Waals surface area contributed by atoms with Crippen molar-refractivity contribution in [1.29, 1.82) is 10.5 Å². The number of methoxy groups -OCH3 is 1. The number of carbonyl (C=O) groups is 1. The maximum absolute atomic E-state index is 11.5. The number of benzene rings is 1. The Morgan fingerprint density at radius 1 is 1.24 bits per heavy atom. The van der Waals surface area contributed by atoms with Crippen LogP contribution in [-0.4, -0.2) is 13.1 Å². The lowest BCUT2D eigenvalue weighted by Crippen LogP contribution is -2.00. The molecular formula is C16H10N2O3. The highest BCUT2D eigenvalue weighted by Crippen LogP contribution is 2.24. The molecule has 0 radical (unpaired) electrons. The Hall–Kier alpha value is -3.31. The van der Waals surface area contributed by atoms with Crippen molar-refractivity contribution in [3.8, 4) is 23.5 Å². The average molecular weight is 278 g/mol. The van der Waals surface area contributed by atoms with Crippen LogP contribution >= 0.6 is 0 Å². The lowest BCUT2D eigenvalue weighted by molar-refractivity contribution is 0.0601. The number of hydrogen-bond donors (Lipinski definition) is 0. The van der Waals surface area contributed by atoms with Crippen LogP contribution in [0.25, 0.3) is 17.4 Å². The van der Waals surface area contributed by atoms with E-state index in [-0.39, 0.29) is 5.57 Å². The summed E-state index contributed by atoms with van der Waals surface area (Å²) in [6.07, 6.45) is 1.35. The van der Waals surface area contributed by atoms with E-state index in [2.05, 4.69) is 4.74 Å². The van der Waals surface area contributed by atoms with Crippen molar-refractivity contribution in [3.63, 3.8) is 0 Å². The van der Waals surface area contributed by atoms with Crippen LogP contribution in [0.5, 0.6) is 0 Å². The quantitative estimate of drug-likeness (QED) is 0.635. The summed E-state index contributed by atoms with van der Waals surface area (Å²) in [6, 6.07) is 13.7. The van der Waals surface area contributed by atoms with Gasteiger partial charge in [0.05, 0.1) is 12.7 Å². The van der Waals surface area contributed by atoms with E-state index < -0.39 is 5.97 Å². The summed E-state index contributed by atoms with van der Waals surface area (Å²) >= 11 is 0. The van der Waals surface area contributed by atoms with Crippen LogP contribution < -0.4 is 0 Å². The third-order valence-electron chi connectivity index (χ3n) is 2.72. The second kappa shape index (κ2) is 6.23. The van der Waals surface area contributed by atoms with Crippen molar-refractivity contribution < 1.29 is 13.9 Å². The summed E-state index contributed by atoms with van der Waals surface area (Å²) in [5, 5.41) is 17.4. The molecule has 21 heavy (non-hydrogen) atoms. The molecule has 0 amide bonds. The van der Waals surface area contributed by atoms with Crippen LogP contribution in [0.15, 0.2) is 46.4 Å². The smallest absolute Gasteiger partial charge is 0.337 e. The maximum atomic E-state index is 11.5. The zero-order chi connectivity index (χ0) is 15.2. The largest absolute Gasteiger partial charge is 0.465 e. The Morgan fingerprint density at radius 2 is 2.00 bits per heavy atom. The number of hydrogen-bond acceptors (Lipinski definition) is 5. The fraction of sp³-hybridized carbons (Fsp3) is 0.0625. The van der Waals surface area contributed by atoms with E-state index in [1.807, 2.05) is 0 Å². The Kier molecular flexibility index (Phi) is 4.18. The van der Waals surface area contributed by atoms with Gasteiger partial charge in [0, 0.05) is 11.6 Å². The first-order chi connectivity index (χ1) is 10.2. The minimum atomic E-state index is -0.431. The van der Waals surface area contributed by atoms with Gasteiger partial charge >= 0.3 is 5.97 Å². The van der Waals surface area contributed by atoms with Crippen molar-refractivity contribution in [2.24, 2.45) is 0 Å². The number of ether oxygens (including phenoxy) is 1. The Morgan fingerprint density at radius 3 is 2.67 bits per heavy atom.